The molecule has 8 heteroatoms. The first kappa shape index (κ1) is 26.4. The number of nitrogens with zero attached hydrogens (tertiary/aromatic N) is 2. The van der Waals surface area contributed by atoms with Crippen LogP contribution in [-0.4, -0.2) is 30.1 Å². The molecule has 0 spiro atoms. The fraction of sp³-hybridized carbons (Fsp3) is 0.379. The van der Waals surface area contributed by atoms with Crippen molar-refractivity contribution in [3.05, 3.63) is 80.8 Å². The molecule has 4 rings (SSSR count). The van der Waals surface area contributed by atoms with Gasteiger partial charge in [-0.3, -0.25) is 9.78 Å². The summed E-state index contributed by atoms with van der Waals surface area (Å²) in [6, 6.07) is 15.7. The molecule has 0 radical (unpaired) electrons. The third-order valence-corrected chi connectivity index (χ3v) is 7.70. The van der Waals surface area contributed by atoms with Gasteiger partial charge in [0.25, 0.3) is 0 Å². The summed E-state index contributed by atoms with van der Waals surface area (Å²) in [5.74, 6) is 1.13. The minimum atomic E-state index is -0.461. The lowest BCUT2D eigenvalue weighted by Gasteiger charge is -2.22. The summed E-state index contributed by atoms with van der Waals surface area (Å²) in [5.41, 5.74) is 3.52. The number of hydrogen-bond donors (Lipinski definition) is 1. The second-order valence-corrected chi connectivity index (χ2v) is 10.2. The minimum absolute atomic E-state index is 0.117. The van der Waals surface area contributed by atoms with Gasteiger partial charge in [0.15, 0.2) is 0 Å². The van der Waals surface area contributed by atoms with Gasteiger partial charge in [0.2, 0.25) is 0 Å². The van der Waals surface area contributed by atoms with E-state index in [9.17, 15) is 14.9 Å². The molecule has 0 saturated carbocycles. The second kappa shape index (κ2) is 13.0. The third-order valence-electron chi connectivity index (χ3n) is 6.45. The van der Waals surface area contributed by atoms with Crippen LogP contribution in [0, 0.1) is 17.2 Å². The maximum atomic E-state index is 12.8. The number of hydrogen-bond acceptors (Lipinski definition) is 7. The number of aryl methyl sites for hydroxylation is 1. The lowest BCUT2D eigenvalue weighted by atomic mass is 9.87. The quantitative estimate of drug-likeness (QED) is 0.376. The van der Waals surface area contributed by atoms with Crippen molar-refractivity contribution in [2.75, 3.05) is 13.2 Å². The average molecular weight is 518 g/mol. The average Bonchev–Trinajstić information content (AvgIpc) is 3.27. The summed E-state index contributed by atoms with van der Waals surface area (Å²) in [6.45, 7) is 3.17. The zero-order valence-corrected chi connectivity index (χ0v) is 21.8. The van der Waals surface area contributed by atoms with Crippen molar-refractivity contribution in [2.45, 2.75) is 52.0 Å². The molecule has 37 heavy (non-hydrogen) atoms. The highest BCUT2D eigenvalue weighted by atomic mass is 32.1. The van der Waals surface area contributed by atoms with E-state index in [1.54, 1.807) is 17.5 Å². The standard InChI is InChI=1S/C29H31N3O4S/c1-2-35-26-9-4-3-7-21(26)11-12-23(33)16-28-25(17-30)24-13-10-20(15-27(24)37-28)19-36-29(34)32-18-22-8-5-6-14-31-22/h3-9,14,20H,2,10-13,15-16,18-19H2,1H3,(H,32,34). The fourth-order valence-corrected chi connectivity index (χ4v) is 6.01. The van der Waals surface area contributed by atoms with Gasteiger partial charge in [-0.25, -0.2) is 4.79 Å². The van der Waals surface area contributed by atoms with Crippen LogP contribution in [0.1, 0.15) is 51.9 Å². The number of rotatable bonds is 11. The van der Waals surface area contributed by atoms with Crippen LogP contribution in [-0.2, 0) is 41.8 Å². The molecule has 1 N–H and O–H groups in total. The summed E-state index contributed by atoms with van der Waals surface area (Å²) in [7, 11) is 0. The Morgan fingerprint density at radius 1 is 1.22 bits per heavy atom. The van der Waals surface area contributed by atoms with Gasteiger partial charge >= 0.3 is 6.09 Å². The lowest BCUT2D eigenvalue weighted by molar-refractivity contribution is -0.118. The first-order valence-corrected chi connectivity index (χ1v) is 13.5. The molecule has 0 bridgehead atoms. The van der Waals surface area contributed by atoms with Crippen molar-refractivity contribution >= 4 is 23.2 Å². The van der Waals surface area contributed by atoms with Crippen LogP contribution in [0.25, 0.3) is 0 Å². The Hall–Kier alpha value is -3.70. The third kappa shape index (κ3) is 7.17. The molecular weight excluding hydrogens is 486 g/mol. The van der Waals surface area contributed by atoms with Crippen molar-refractivity contribution in [1.82, 2.24) is 10.3 Å². The van der Waals surface area contributed by atoms with Crippen molar-refractivity contribution in [3.63, 3.8) is 0 Å². The summed E-state index contributed by atoms with van der Waals surface area (Å²) < 4.78 is 11.1. The maximum absolute atomic E-state index is 12.8. The predicted octanol–water partition coefficient (Wildman–Crippen LogP) is 5.19. The maximum Gasteiger partial charge on any atom is 0.407 e. The number of carbonyl (C=O) groups excluding carboxylic acids is 2. The van der Waals surface area contributed by atoms with E-state index in [0.29, 0.717) is 38.2 Å². The molecule has 0 aliphatic heterocycles. The number of amides is 1. The van der Waals surface area contributed by atoms with Gasteiger partial charge in [-0.1, -0.05) is 24.3 Å². The molecule has 2 aromatic heterocycles. The van der Waals surface area contributed by atoms with Crippen LogP contribution in [0.3, 0.4) is 0 Å². The number of fused-ring (bicyclic) bond motifs is 1. The Kier molecular flexibility index (Phi) is 9.28. The summed E-state index contributed by atoms with van der Waals surface area (Å²) in [5, 5.41) is 12.5. The van der Waals surface area contributed by atoms with Crippen LogP contribution in [0.5, 0.6) is 5.75 Å². The number of Topliss-reactive ketones (excluding diaryl/α,β-unsaturated/α-hetero) is 1. The van der Waals surface area contributed by atoms with E-state index in [2.05, 4.69) is 16.4 Å². The lowest BCUT2D eigenvalue weighted by Crippen LogP contribution is -2.28. The normalized spacial score (nSPS) is 14.3. The molecule has 192 valence electrons. The Balaban J connectivity index is 1.29. The Labute approximate surface area is 221 Å². The number of thiophene rings is 1. The van der Waals surface area contributed by atoms with Crippen LogP contribution < -0.4 is 10.1 Å². The molecule has 7 nitrogen and oxygen atoms in total. The fourth-order valence-electron chi connectivity index (χ4n) is 4.57. The van der Waals surface area contributed by atoms with Gasteiger partial charge < -0.3 is 14.8 Å². The molecule has 1 atom stereocenters. The number of nitriles is 1. The highest BCUT2D eigenvalue weighted by Crippen LogP contribution is 2.37. The van der Waals surface area contributed by atoms with Crippen LogP contribution >= 0.6 is 11.3 Å². The number of nitrogens with one attached hydrogen (secondary N) is 1. The van der Waals surface area contributed by atoms with E-state index >= 15 is 0 Å². The van der Waals surface area contributed by atoms with Crippen LogP contribution in [0.2, 0.25) is 0 Å². The van der Waals surface area contributed by atoms with Crippen molar-refractivity contribution in [2.24, 2.45) is 5.92 Å². The van der Waals surface area contributed by atoms with Gasteiger partial charge in [0.1, 0.15) is 17.6 Å². The Morgan fingerprint density at radius 3 is 2.84 bits per heavy atom. The van der Waals surface area contributed by atoms with E-state index in [-0.39, 0.29) is 18.1 Å². The molecule has 3 aromatic rings. The zero-order valence-electron chi connectivity index (χ0n) is 21.0. The number of alkyl carbamates (subject to hydrolysis) is 1. The van der Waals surface area contributed by atoms with Crippen molar-refractivity contribution in [3.8, 4) is 11.8 Å². The zero-order chi connectivity index (χ0) is 26.0. The van der Waals surface area contributed by atoms with Gasteiger partial charge in [-0.15, -0.1) is 11.3 Å². The summed E-state index contributed by atoms with van der Waals surface area (Å²) in [6.07, 6.45) is 4.86. The number of ketones is 1. The van der Waals surface area contributed by atoms with Gasteiger partial charge in [-0.2, -0.15) is 5.26 Å². The second-order valence-electron chi connectivity index (χ2n) is 9.05. The van der Waals surface area contributed by atoms with E-state index in [1.807, 2.05) is 49.4 Å². The molecule has 0 saturated heterocycles. The van der Waals surface area contributed by atoms with E-state index < -0.39 is 6.09 Å². The highest BCUT2D eigenvalue weighted by molar-refractivity contribution is 7.12. The monoisotopic (exact) mass is 517 g/mol. The topological polar surface area (TPSA) is 101 Å². The van der Waals surface area contributed by atoms with Crippen LogP contribution in [0.15, 0.2) is 48.7 Å². The van der Waals surface area contributed by atoms with E-state index in [1.165, 1.54) is 0 Å². The molecule has 0 fully saturated rings. The predicted molar refractivity (Wildman–Crippen MR) is 142 cm³/mol. The number of para-hydroxylation sites is 1. The molecule has 1 aliphatic carbocycles. The van der Waals surface area contributed by atoms with Crippen molar-refractivity contribution < 1.29 is 19.1 Å². The molecule has 1 unspecified atom stereocenters. The Morgan fingerprint density at radius 2 is 2.05 bits per heavy atom. The summed E-state index contributed by atoms with van der Waals surface area (Å²) in [4.78, 5) is 31.1. The van der Waals surface area contributed by atoms with Gasteiger partial charge in [0, 0.05) is 28.8 Å². The Bertz CT molecular complexity index is 1270. The first-order valence-electron chi connectivity index (χ1n) is 12.6. The molecule has 2 heterocycles. The SMILES string of the molecule is CCOc1ccccc1CCC(=O)Cc1sc2c(c1C#N)CCC(COC(=O)NCc1ccccn1)C2. The van der Waals surface area contributed by atoms with Crippen molar-refractivity contribution in [1.29, 1.82) is 5.26 Å². The molecule has 1 aromatic carbocycles. The minimum Gasteiger partial charge on any atom is -0.494 e. The number of pyridine rings is 1. The number of ether oxygens (including phenoxy) is 2. The first-order chi connectivity index (χ1) is 18.1. The number of carbonyl (C=O) groups is 2. The van der Waals surface area contributed by atoms with E-state index in [0.717, 1.165) is 51.6 Å². The molecule has 1 aliphatic rings. The molecular formula is C29H31N3O4S. The summed E-state index contributed by atoms with van der Waals surface area (Å²) >= 11 is 1.56. The van der Waals surface area contributed by atoms with E-state index in [4.69, 9.17) is 9.47 Å². The number of aromatic nitrogens is 1. The smallest absolute Gasteiger partial charge is 0.407 e. The molecule has 1 amide bonds. The highest BCUT2D eigenvalue weighted by Gasteiger charge is 2.27. The van der Waals surface area contributed by atoms with Crippen LogP contribution in [0.4, 0.5) is 4.79 Å². The number of benzene rings is 1. The van der Waals surface area contributed by atoms with Gasteiger partial charge in [-0.05, 0) is 67.9 Å². The largest absolute Gasteiger partial charge is 0.494 e. The van der Waals surface area contributed by atoms with Gasteiger partial charge in [0.05, 0.1) is 31.0 Å².